The monoisotopic (exact) mass is 345 g/mol. The number of carbonyl (C=O) groups is 1. The van der Waals surface area contributed by atoms with Crippen LogP contribution >= 0.6 is 0 Å². The molecule has 25 heavy (non-hydrogen) atoms. The van der Waals surface area contributed by atoms with Crippen molar-refractivity contribution in [2.45, 2.75) is 12.8 Å². The van der Waals surface area contributed by atoms with Crippen LogP contribution in [0.15, 0.2) is 24.4 Å². The zero-order valence-electron chi connectivity index (χ0n) is 15.3. The first-order chi connectivity index (χ1) is 12.1. The smallest absolute Gasteiger partial charge is 0.418 e. The van der Waals surface area contributed by atoms with Gasteiger partial charge in [0.25, 0.3) is 0 Å². The predicted octanol–water partition coefficient (Wildman–Crippen LogP) is 2.44. The number of hydrogen-bond acceptors (Lipinski definition) is 5. The van der Waals surface area contributed by atoms with Gasteiger partial charge >= 0.3 is 6.09 Å². The highest BCUT2D eigenvalue weighted by atomic mass is 16.5. The van der Waals surface area contributed by atoms with Crippen molar-refractivity contribution in [3.05, 3.63) is 30.0 Å². The number of fused-ring (bicyclic) bond motifs is 1. The Bertz CT molecular complexity index is 735. The Balaban J connectivity index is 1.79. The Kier molecular flexibility index (Phi) is 5.60. The molecule has 6 heteroatoms. The topological polar surface area (TPSA) is 46.9 Å². The first-order valence-corrected chi connectivity index (χ1v) is 8.80. The molecule has 1 aliphatic heterocycles. The van der Waals surface area contributed by atoms with Gasteiger partial charge in [-0.2, -0.15) is 0 Å². The molecule has 0 aliphatic carbocycles. The SMILES string of the molecule is COc1ccc2c(c1)c(CCN(C)C)cn2C(=O)OCCN1CCC1. The Labute approximate surface area is 148 Å². The summed E-state index contributed by atoms with van der Waals surface area (Å²) >= 11 is 0. The van der Waals surface area contributed by atoms with E-state index in [1.54, 1.807) is 11.7 Å². The number of carbonyl (C=O) groups excluding carboxylic acids is 1. The van der Waals surface area contributed by atoms with Gasteiger partial charge in [-0.15, -0.1) is 0 Å². The number of rotatable bonds is 7. The molecule has 0 bridgehead atoms. The van der Waals surface area contributed by atoms with E-state index in [1.165, 1.54) is 6.42 Å². The number of aromatic nitrogens is 1. The van der Waals surface area contributed by atoms with E-state index < -0.39 is 0 Å². The Hall–Kier alpha value is -2.05. The van der Waals surface area contributed by atoms with Gasteiger partial charge in [0.2, 0.25) is 0 Å². The van der Waals surface area contributed by atoms with Gasteiger partial charge < -0.3 is 14.4 Å². The van der Waals surface area contributed by atoms with Crippen molar-refractivity contribution in [3.8, 4) is 5.75 Å². The maximum Gasteiger partial charge on any atom is 0.418 e. The summed E-state index contributed by atoms with van der Waals surface area (Å²) in [5.41, 5.74) is 1.99. The van der Waals surface area contributed by atoms with Crippen LogP contribution in [0.4, 0.5) is 4.79 Å². The average molecular weight is 345 g/mol. The van der Waals surface area contributed by atoms with E-state index in [2.05, 4.69) is 9.80 Å². The fraction of sp³-hybridized carbons (Fsp3) is 0.526. The molecule has 0 radical (unpaired) electrons. The van der Waals surface area contributed by atoms with Crippen molar-refractivity contribution in [2.24, 2.45) is 0 Å². The van der Waals surface area contributed by atoms with E-state index in [1.807, 2.05) is 38.5 Å². The van der Waals surface area contributed by atoms with Crippen LogP contribution in [0.25, 0.3) is 10.9 Å². The summed E-state index contributed by atoms with van der Waals surface area (Å²) in [6.07, 6.45) is 3.70. The molecule has 136 valence electrons. The van der Waals surface area contributed by atoms with E-state index in [0.717, 1.165) is 54.8 Å². The third-order valence-corrected chi connectivity index (χ3v) is 4.70. The Morgan fingerprint density at radius 2 is 2.08 bits per heavy atom. The van der Waals surface area contributed by atoms with Crippen LogP contribution in [-0.4, -0.2) is 74.5 Å². The van der Waals surface area contributed by atoms with Gasteiger partial charge in [0.15, 0.2) is 0 Å². The van der Waals surface area contributed by atoms with Crippen molar-refractivity contribution in [2.75, 3.05) is 54.0 Å². The Morgan fingerprint density at radius 3 is 2.72 bits per heavy atom. The molecule has 0 spiro atoms. The molecule has 1 aromatic carbocycles. The van der Waals surface area contributed by atoms with Crippen LogP contribution in [-0.2, 0) is 11.2 Å². The van der Waals surface area contributed by atoms with Crippen LogP contribution in [0, 0.1) is 0 Å². The van der Waals surface area contributed by atoms with Gasteiger partial charge in [-0.3, -0.25) is 9.47 Å². The summed E-state index contributed by atoms with van der Waals surface area (Å²) in [6.45, 7) is 4.38. The summed E-state index contributed by atoms with van der Waals surface area (Å²) in [4.78, 5) is 17.0. The summed E-state index contributed by atoms with van der Waals surface area (Å²) in [6, 6.07) is 5.79. The number of ether oxygens (including phenoxy) is 2. The second-order valence-corrected chi connectivity index (χ2v) is 6.77. The van der Waals surface area contributed by atoms with Crippen LogP contribution in [0.1, 0.15) is 12.0 Å². The van der Waals surface area contributed by atoms with Crippen molar-refractivity contribution < 1.29 is 14.3 Å². The molecule has 1 aromatic heterocycles. The number of methoxy groups -OCH3 is 1. The lowest BCUT2D eigenvalue weighted by Crippen LogP contribution is -2.39. The lowest BCUT2D eigenvalue weighted by Gasteiger charge is -2.30. The lowest BCUT2D eigenvalue weighted by atomic mass is 10.1. The Morgan fingerprint density at radius 1 is 1.28 bits per heavy atom. The second kappa shape index (κ2) is 7.89. The first kappa shape index (κ1) is 17.8. The quantitative estimate of drug-likeness (QED) is 0.771. The van der Waals surface area contributed by atoms with E-state index in [-0.39, 0.29) is 6.09 Å². The van der Waals surface area contributed by atoms with Crippen LogP contribution in [0.3, 0.4) is 0 Å². The summed E-state index contributed by atoms with van der Waals surface area (Å²) in [7, 11) is 5.75. The molecule has 1 saturated heterocycles. The van der Waals surface area contributed by atoms with E-state index in [4.69, 9.17) is 9.47 Å². The molecule has 2 aromatic rings. The van der Waals surface area contributed by atoms with Gasteiger partial charge in [0, 0.05) is 24.7 Å². The third kappa shape index (κ3) is 4.14. The van der Waals surface area contributed by atoms with Crippen LogP contribution < -0.4 is 4.74 Å². The molecule has 0 saturated carbocycles. The molecule has 2 heterocycles. The van der Waals surface area contributed by atoms with E-state index in [0.29, 0.717) is 6.61 Å². The fourth-order valence-corrected chi connectivity index (χ4v) is 3.04. The van der Waals surface area contributed by atoms with E-state index >= 15 is 0 Å². The zero-order valence-corrected chi connectivity index (χ0v) is 15.3. The van der Waals surface area contributed by atoms with Gasteiger partial charge in [-0.25, -0.2) is 4.79 Å². The summed E-state index contributed by atoms with van der Waals surface area (Å²) in [5.74, 6) is 0.794. The third-order valence-electron chi connectivity index (χ3n) is 4.70. The predicted molar refractivity (Wildman–Crippen MR) is 98.6 cm³/mol. The zero-order chi connectivity index (χ0) is 17.8. The maximum absolute atomic E-state index is 12.5. The van der Waals surface area contributed by atoms with Crippen molar-refractivity contribution in [3.63, 3.8) is 0 Å². The molecular formula is C19H27N3O3. The van der Waals surface area contributed by atoms with Crippen molar-refractivity contribution >= 4 is 17.0 Å². The molecule has 0 N–H and O–H groups in total. The number of likely N-dealkylation sites (N-methyl/N-ethyl adjacent to an activating group) is 1. The largest absolute Gasteiger partial charge is 0.497 e. The molecule has 1 aliphatic rings. The van der Waals surface area contributed by atoms with Crippen LogP contribution in [0.5, 0.6) is 5.75 Å². The molecule has 0 unspecified atom stereocenters. The normalized spacial score (nSPS) is 14.7. The first-order valence-electron chi connectivity index (χ1n) is 8.80. The molecule has 0 atom stereocenters. The molecule has 3 rings (SSSR count). The summed E-state index contributed by atoms with van der Waals surface area (Å²) < 4.78 is 12.4. The maximum atomic E-state index is 12.5. The average Bonchev–Trinajstić information content (AvgIpc) is 2.93. The number of benzene rings is 1. The molecular weight excluding hydrogens is 318 g/mol. The van der Waals surface area contributed by atoms with Gasteiger partial charge in [0.05, 0.1) is 12.6 Å². The standard InChI is InChI=1S/C19H27N3O3/c1-20(2)10-7-15-14-22(18-6-5-16(24-3)13-17(15)18)19(23)25-12-11-21-8-4-9-21/h5-6,13-14H,4,7-12H2,1-3H3. The molecule has 0 amide bonds. The second-order valence-electron chi connectivity index (χ2n) is 6.77. The minimum atomic E-state index is -0.313. The fourth-order valence-electron chi connectivity index (χ4n) is 3.04. The number of likely N-dealkylation sites (tertiary alicyclic amines) is 1. The highest BCUT2D eigenvalue weighted by Crippen LogP contribution is 2.27. The van der Waals surface area contributed by atoms with E-state index in [9.17, 15) is 4.79 Å². The molecule has 1 fully saturated rings. The van der Waals surface area contributed by atoms with Gasteiger partial charge in [0.1, 0.15) is 12.4 Å². The van der Waals surface area contributed by atoms with Crippen LogP contribution in [0.2, 0.25) is 0 Å². The number of nitrogens with zero attached hydrogens (tertiary/aromatic N) is 3. The highest BCUT2D eigenvalue weighted by Gasteiger charge is 2.17. The number of hydrogen-bond donors (Lipinski definition) is 0. The van der Waals surface area contributed by atoms with Gasteiger partial charge in [-0.05, 0) is 63.8 Å². The van der Waals surface area contributed by atoms with Gasteiger partial charge in [-0.1, -0.05) is 0 Å². The molecule has 6 nitrogen and oxygen atoms in total. The minimum Gasteiger partial charge on any atom is -0.497 e. The summed E-state index contributed by atoms with van der Waals surface area (Å²) in [5, 5.41) is 1.04. The minimum absolute atomic E-state index is 0.313. The van der Waals surface area contributed by atoms with Crippen molar-refractivity contribution in [1.29, 1.82) is 0 Å². The highest BCUT2D eigenvalue weighted by molar-refractivity contribution is 5.92. The van der Waals surface area contributed by atoms with Crippen molar-refractivity contribution in [1.82, 2.24) is 14.4 Å². The lowest BCUT2D eigenvalue weighted by molar-refractivity contribution is 0.107.